The molecule has 0 atom stereocenters. The molecule has 6 nitrogen and oxygen atoms in total. The fraction of sp³-hybridized carbons (Fsp3) is 0.0303. The van der Waals surface area contributed by atoms with Crippen molar-refractivity contribution >= 4 is 45.9 Å². The first-order valence-electron chi connectivity index (χ1n) is 12.5. The van der Waals surface area contributed by atoms with E-state index in [4.69, 9.17) is 0 Å². The molecular formula is C33H22N2O4. The van der Waals surface area contributed by atoms with Crippen LogP contribution in [0.3, 0.4) is 0 Å². The van der Waals surface area contributed by atoms with E-state index in [2.05, 4.69) is 0 Å². The Kier molecular flexibility index (Phi) is 6.05. The van der Waals surface area contributed by atoms with Crippen LogP contribution in [-0.4, -0.2) is 40.1 Å². The van der Waals surface area contributed by atoms with Crippen LogP contribution in [0.5, 0.6) is 0 Å². The first-order chi connectivity index (χ1) is 19.1. The second-order valence-electron chi connectivity index (χ2n) is 9.18. The molecule has 0 bridgehead atoms. The largest absolute Gasteiger partial charge is 0.268 e. The van der Waals surface area contributed by atoms with Crippen molar-refractivity contribution in [2.45, 2.75) is 0 Å². The molecule has 6 rings (SSSR count). The highest BCUT2D eigenvalue weighted by atomic mass is 16.2. The molecule has 2 aliphatic heterocycles. The standard InChI is InChI=1S/C33H22N2O4/c36-30-26(22-13-5-1-6-14-22)27(23-15-7-2-8-16-23)31(37)34(30)21-35-32(38)28(24-17-9-3-10-18-24)29(33(35)39)25-19-11-4-12-20-25/h1-20H,21H2. The Labute approximate surface area is 225 Å². The summed E-state index contributed by atoms with van der Waals surface area (Å²) in [6.45, 7) is -0.491. The molecule has 0 saturated carbocycles. The maximum Gasteiger partial charge on any atom is 0.263 e. The lowest BCUT2D eigenvalue weighted by Gasteiger charge is -2.22. The predicted octanol–water partition coefficient (Wildman–Crippen LogP) is 4.90. The molecule has 0 fully saturated rings. The van der Waals surface area contributed by atoms with Crippen molar-refractivity contribution in [1.29, 1.82) is 0 Å². The Morgan fingerprint density at radius 3 is 0.744 bits per heavy atom. The molecule has 2 heterocycles. The molecule has 0 unspecified atom stereocenters. The number of amides is 4. The minimum atomic E-state index is -0.555. The van der Waals surface area contributed by atoms with Crippen LogP contribution in [0.25, 0.3) is 22.3 Å². The predicted molar refractivity (Wildman–Crippen MR) is 148 cm³/mol. The molecule has 4 amide bonds. The minimum absolute atomic E-state index is 0.241. The van der Waals surface area contributed by atoms with Crippen molar-refractivity contribution < 1.29 is 19.2 Å². The van der Waals surface area contributed by atoms with Gasteiger partial charge in [-0.15, -0.1) is 0 Å². The molecule has 0 N–H and O–H groups in total. The van der Waals surface area contributed by atoms with Gasteiger partial charge in [0, 0.05) is 0 Å². The van der Waals surface area contributed by atoms with E-state index in [0.29, 0.717) is 22.3 Å². The van der Waals surface area contributed by atoms with Crippen LogP contribution >= 0.6 is 0 Å². The van der Waals surface area contributed by atoms with Crippen LogP contribution in [0.2, 0.25) is 0 Å². The maximum atomic E-state index is 13.8. The molecule has 2 aliphatic rings. The van der Waals surface area contributed by atoms with E-state index >= 15 is 0 Å². The summed E-state index contributed by atoms with van der Waals surface area (Å²) >= 11 is 0. The fourth-order valence-corrected chi connectivity index (χ4v) is 5.04. The van der Waals surface area contributed by atoms with Crippen LogP contribution in [0.1, 0.15) is 22.3 Å². The van der Waals surface area contributed by atoms with E-state index in [1.165, 1.54) is 0 Å². The average molecular weight is 511 g/mol. The Balaban J connectivity index is 1.40. The lowest BCUT2D eigenvalue weighted by atomic mass is 9.96. The van der Waals surface area contributed by atoms with Gasteiger partial charge in [-0.1, -0.05) is 121 Å². The normalized spacial score (nSPS) is 15.7. The number of hydrogen-bond acceptors (Lipinski definition) is 4. The second-order valence-corrected chi connectivity index (χ2v) is 9.18. The molecule has 6 heteroatoms. The number of carbonyl (C=O) groups excluding carboxylic acids is 4. The number of hydrogen-bond donors (Lipinski definition) is 0. The zero-order valence-corrected chi connectivity index (χ0v) is 20.8. The van der Waals surface area contributed by atoms with Gasteiger partial charge in [-0.25, -0.2) is 0 Å². The van der Waals surface area contributed by atoms with E-state index in [1.54, 1.807) is 97.1 Å². The molecule has 4 aromatic carbocycles. The zero-order valence-electron chi connectivity index (χ0n) is 20.8. The van der Waals surface area contributed by atoms with Gasteiger partial charge in [0.2, 0.25) is 0 Å². The van der Waals surface area contributed by atoms with Gasteiger partial charge in [0.1, 0.15) is 6.67 Å². The van der Waals surface area contributed by atoms with Crippen molar-refractivity contribution in [3.63, 3.8) is 0 Å². The lowest BCUT2D eigenvalue weighted by Crippen LogP contribution is -2.45. The smallest absolute Gasteiger partial charge is 0.263 e. The van der Waals surface area contributed by atoms with Gasteiger partial charge in [0.15, 0.2) is 0 Å². The van der Waals surface area contributed by atoms with E-state index < -0.39 is 30.3 Å². The highest BCUT2D eigenvalue weighted by Gasteiger charge is 2.45. The highest BCUT2D eigenvalue weighted by molar-refractivity contribution is 6.51. The van der Waals surface area contributed by atoms with Crippen LogP contribution in [-0.2, 0) is 19.2 Å². The van der Waals surface area contributed by atoms with Crippen LogP contribution in [0.4, 0.5) is 0 Å². The third kappa shape index (κ3) is 4.08. The molecule has 0 saturated heterocycles. The number of rotatable bonds is 6. The molecule has 0 aliphatic carbocycles. The van der Waals surface area contributed by atoms with Gasteiger partial charge in [0.05, 0.1) is 22.3 Å². The van der Waals surface area contributed by atoms with E-state index in [0.717, 1.165) is 9.80 Å². The molecule has 0 spiro atoms. The molecule has 188 valence electrons. The average Bonchev–Trinajstić information content (AvgIpc) is 3.39. The van der Waals surface area contributed by atoms with Crippen LogP contribution in [0.15, 0.2) is 121 Å². The molecular weight excluding hydrogens is 488 g/mol. The van der Waals surface area contributed by atoms with Gasteiger partial charge >= 0.3 is 0 Å². The van der Waals surface area contributed by atoms with Crippen molar-refractivity contribution in [3.8, 4) is 0 Å². The van der Waals surface area contributed by atoms with Gasteiger partial charge in [-0.05, 0) is 22.3 Å². The summed E-state index contributed by atoms with van der Waals surface area (Å²) in [6, 6.07) is 35.8. The summed E-state index contributed by atoms with van der Waals surface area (Å²) in [6.07, 6.45) is 0. The van der Waals surface area contributed by atoms with Crippen molar-refractivity contribution in [2.75, 3.05) is 6.67 Å². The number of carbonyl (C=O) groups is 4. The van der Waals surface area contributed by atoms with Crippen molar-refractivity contribution in [2.24, 2.45) is 0 Å². The topological polar surface area (TPSA) is 74.8 Å². The third-order valence-electron chi connectivity index (χ3n) is 6.87. The molecule has 39 heavy (non-hydrogen) atoms. The van der Waals surface area contributed by atoms with E-state index in [1.807, 2.05) is 24.3 Å². The van der Waals surface area contributed by atoms with Gasteiger partial charge in [-0.2, -0.15) is 0 Å². The SMILES string of the molecule is O=C1C(c2ccccc2)=C(c2ccccc2)C(=O)N1CN1C(=O)C(c2ccccc2)=C(c2ccccc2)C1=O. The van der Waals surface area contributed by atoms with Crippen LogP contribution < -0.4 is 0 Å². The quantitative estimate of drug-likeness (QED) is 0.346. The first-order valence-corrected chi connectivity index (χ1v) is 12.5. The fourth-order valence-electron chi connectivity index (χ4n) is 5.04. The summed E-state index contributed by atoms with van der Waals surface area (Å²) in [5.74, 6) is -2.22. The summed E-state index contributed by atoms with van der Waals surface area (Å²) in [4.78, 5) is 57.1. The van der Waals surface area contributed by atoms with Crippen molar-refractivity contribution in [3.05, 3.63) is 144 Å². The Bertz CT molecular complexity index is 1430. The van der Waals surface area contributed by atoms with Crippen molar-refractivity contribution in [1.82, 2.24) is 9.80 Å². The van der Waals surface area contributed by atoms with Gasteiger partial charge in [0.25, 0.3) is 23.6 Å². The Morgan fingerprint density at radius 2 is 0.538 bits per heavy atom. The van der Waals surface area contributed by atoms with Gasteiger partial charge in [-0.3, -0.25) is 29.0 Å². The first kappa shape index (κ1) is 24.0. The summed E-state index contributed by atoms with van der Waals surface area (Å²) in [7, 11) is 0. The summed E-state index contributed by atoms with van der Waals surface area (Å²) in [5, 5.41) is 0. The van der Waals surface area contributed by atoms with Crippen LogP contribution in [0, 0.1) is 0 Å². The second kappa shape index (κ2) is 9.84. The molecule has 0 radical (unpaired) electrons. The van der Waals surface area contributed by atoms with Gasteiger partial charge < -0.3 is 0 Å². The van der Waals surface area contributed by atoms with E-state index in [9.17, 15) is 19.2 Å². The Morgan fingerprint density at radius 1 is 0.333 bits per heavy atom. The van der Waals surface area contributed by atoms with E-state index in [-0.39, 0.29) is 22.3 Å². The number of benzene rings is 4. The third-order valence-corrected chi connectivity index (χ3v) is 6.87. The lowest BCUT2D eigenvalue weighted by molar-refractivity contribution is -0.144. The number of imide groups is 2. The molecule has 0 aromatic heterocycles. The highest BCUT2D eigenvalue weighted by Crippen LogP contribution is 2.39. The summed E-state index contributed by atoms with van der Waals surface area (Å²) in [5.41, 5.74) is 3.31. The monoisotopic (exact) mass is 510 g/mol. The zero-order chi connectivity index (χ0) is 26.9. The summed E-state index contributed by atoms with van der Waals surface area (Å²) < 4.78 is 0. The number of nitrogens with zero attached hydrogens (tertiary/aromatic N) is 2. The Hall–Kier alpha value is -5.36. The maximum absolute atomic E-state index is 13.8. The minimum Gasteiger partial charge on any atom is -0.268 e. The molecule has 4 aromatic rings.